The number of ether oxygens (including phenoxy) is 1. The van der Waals surface area contributed by atoms with Gasteiger partial charge in [0.25, 0.3) is 0 Å². The number of hydrogen-bond donors (Lipinski definition) is 0. The van der Waals surface area contributed by atoms with Gasteiger partial charge >= 0.3 is 5.69 Å². The van der Waals surface area contributed by atoms with Crippen LogP contribution >= 0.6 is 27.5 Å². The number of hydrogen-bond acceptors (Lipinski definition) is 4. The van der Waals surface area contributed by atoms with Crippen LogP contribution in [0, 0.1) is 21.4 Å². The average molecular weight is 354 g/mol. The fourth-order valence-corrected chi connectivity index (χ4v) is 2.14. The van der Waals surface area contributed by atoms with E-state index < -0.39 is 4.92 Å². The molecule has 5 nitrogen and oxygen atoms in total. The zero-order valence-electron chi connectivity index (χ0n) is 9.84. The van der Waals surface area contributed by atoms with Crippen LogP contribution in [-0.2, 0) is 0 Å². The third-order valence-electron chi connectivity index (χ3n) is 2.42. The summed E-state index contributed by atoms with van der Waals surface area (Å²) in [5, 5.41) is 20.4. The van der Waals surface area contributed by atoms with Crippen molar-refractivity contribution in [3.05, 3.63) is 61.6 Å². The first kappa shape index (κ1) is 14.3. The first-order chi connectivity index (χ1) is 9.52. The molecule has 0 unspecified atom stereocenters. The molecule has 0 N–H and O–H groups in total. The lowest BCUT2D eigenvalue weighted by Crippen LogP contribution is -1.95. The lowest BCUT2D eigenvalue weighted by molar-refractivity contribution is -0.385. The Bertz CT molecular complexity index is 728. The zero-order valence-corrected chi connectivity index (χ0v) is 12.2. The number of nitro benzene ring substituents is 1. The Morgan fingerprint density at radius 3 is 2.75 bits per heavy atom. The molecule has 0 aliphatic rings. The van der Waals surface area contributed by atoms with Gasteiger partial charge in [-0.3, -0.25) is 10.1 Å². The lowest BCUT2D eigenvalue weighted by Gasteiger charge is -2.09. The van der Waals surface area contributed by atoms with E-state index in [1.165, 1.54) is 24.3 Å². The van der Waals surface area contributed by atoms with E-state index >= 15 is 0 Å². The van der Waals surface area contributed by atoms with Crippen LogP contribution in [0.2, 0.25) is 5.02 Å². The van der Waals surface area contributed by atoms with Gasteiger partial charge in [0.2, 0.25) is 5.75 Å². The van der Waals surface area contributed by atoms with Crippen molar-refractivity contribution in [3.63, 3.8) is 0 Å². The molecule has 2 aromatic rings. The van der Waals surface area contributed by atoms with Crippen molar-refractivity contribution in [2.45, 2.75) is 0 Å². The molecule has 0 amide bonds. The number of nitro groups is 1. The third kappa shape index (κ3) is 2.90. The molecule has 0 aliphatic carbocycles. The summed E-state index contributed by atoms with van der Waals surface area (Å²) < 4.78 is 5.93. The van der Waals surface area contributed by atoms with Crippen LogP contribution < -0.4 is 4.74 Å². The van der Waals surface area contributed by atoms with E-state index in [2.05, 4.69) is 15.9 Å². The quantitative estimate of drug-likeness (QED) is 0.593. The zero-order chi connectivity index (χ0) is 14.7. The summed E-state index contributed by atoms with van der Waals surface area (Å²) in [6.45, 7) is 0. The summed E-state index contributed by atoms with van der Waals surface area (Å²) in [6, 6.07) is 10.9. The Balaban J connectivity index is 2.51. The molecular formula is C13H6BrClN2O3. The average Bonchev–Trinajstić information content (AvgIpc) is 2.42. The van der Waals surface area contributed by atoms with Gasteiger partial charge in [0, 0.05) is 11.1 Å². The molecule has 20 heavy (non-hydrogen) atoms. The standard InChI is InChI=1S/C13H6BrClN2O3/c14-10-2-1-3-11(17(18)19)13(10)20-12-5-4-9(15)6-8(12)7-16/h1-6H. The van der Waals surface area contributed by atoms with Crippen molar-refractivity contribution in [2.24, 2.45) is 0 Å². The van der Waals surface area contributed by atoms with Crippen LogP contribution in [0.15, 0.2) is 40.9 Å². The van der Waals surface area contributed by atoms with E-state index in [-0.39, 0.29) is 22.7 Å². The van der Waals surface area contributed by atoms with E-state index in [0.29, 0.717) is 9.50 Å². The van der Waals surface area contributed by atoms with Gasteiger partial charge in [-0.25, -0.2) is 0 Å². The second kappa shape index (κ2) is 5.90. The molecule has 0 heterocycles. The monoisotopic (exact) mass is 352 g/mol. The Morgan fingerprint density at radius 1 is 1.35 bits per heavy atom. The molecule has 2 aromatic carbocycles. The minimum Gasteiger partial charge on any atom is -0.448 e. The predicted molar refractivity (Wildman–Crippen MR) is 77.0 cm³/mol. The van der Waals surface area contributed by atoms with E-state index in [9.17, 15) is 10.1 Å². The summed E-state index contributed by atoms with van der Waals surface area (Å²) in [5.74, 6) is 0.239. The Labute approximate surface area is 127 Å². The summed E-state index contributed by atoms with van der Waals surface area (Å²) in [5.41, 5.74) is 0.000709. The second-order valence-corrected chi connectivity index (χ2v) is 4.99. The minimum absolute atomic E-state index is 0.0383. The molecule has 100 valence electrons. The maximum atomic E-state index is 11.0. The highest BCUT2D eigenvalue weighted by Crippen LogP contribution is 2.39. The van der Waals surface area contributed by atoms with Gasteiger partial charge in [-0.05, 0) is 40.2 Å². The van der Waals surface area contributed by atoms with Crippen LogP contribution in [0.5, 0.6) is 11.5 Å². The molecule has 0 aromatic heterocycles. The molecule has 0 radical (unpaired) electrons. The van der Waals surface area contributed by atoms with E-state index in [0.717, 1.165) is 0 Å². The highest BCUT2D eigenvalue weighted by atomic mass is 79.9. The first-order valence-corrected chi connectivity index (χ1v) is 6.50. The summed E-state index contributed by atoms with van der Waals surface area (Å²) in [6.07, 6.45) is 0. The van der Waals surface area contributed by atoms with Gasteiger partial charge in [0.05, 0.1) is 15.0 Å². The fraction of sp³-hybridized carbons (Fsp3) is 0. The van der Waals surface area contributed by atoms with Crippen LogP contribution in [-0.4, -0.2) is 4.92 Å². The topological polar surface area (TPSA) is 76.2 Å². The number of halogens is 2. The Morgan fingerprint density at radius 2 is 2.10 bits per heavy atom. The van der Waals surface area contributed by atoms with Crippen LogP contribution in [0.1, 0.15) is 5.56 Å². The summed E-state index contributed by atoms with van der Waals surface area (Å²) >= 11 is 8.98. The molecule has 2 rings (SSSR count). The Hall–Kier alpha value is -2.10. The highest BCUT2D eigenvalue weighted by molar-refractivity contribution is 9.10. The van der Waals surface area contributed by atoms with Gasteiger partial charge in [-0.2, -0.15) is 5.26 Å². The minimum atomic E-state index is -0.554. The molecular weight excluding hydrogens is 348 g/mol. The van der Waals surface area contributed by atoms with Crippen molar-refractivity contribution >= 4 is 33.2 Å². The first-order valence-electron chi connectivity index (χ1n) is 5.33. The Kier molecular flexibility index (Phi) is 4.23. The van der Waals surface area contributed by atoms with Gasteiger partial charge in [0.15, 0.2) is 0 Å². The van der Waals surface area contributed by atoms with Gasteiger partial charge < -0.3 is 4.74 Å². The second-order valence-electron chi connectivity index (χ2n) is 3.70. The fourth-order valence-electron chi connectivity index (χ4n) is 1.53. The van der Waals surface area contributed by atoms with Crippen molar-refractivity contribution in [1.29, 1.82) is 5.26 Å². The maximum Gasteiger partial charge on any atom is 0.312 e. The van der Waals surface area contributed by atoms with Crippen molar-refractivity contribution in [3.8, 4) is 17.6 Å². The highest BCUT2D eigenvalue weighted by Gasteiger charge is 2.19. The molecule has 0 fully saturated rings. The van der Waals surface area contributed by atoms with Crippen molar-refractivity contribution in [2.75, 3.05) is 0 Å². The summed E-state index contributed by atoms with van der Waals surface area (Å²) in [4.78, 5) is 10.4. The van der Waals surface area contributed by atoms with E-state index in [4.69, 9.17) is 21.6 Å². The third-order valence-corrected chi connectivity index (χ3v) is 3.28. The maximum absolute atomic E-state index is 11.0. The van der Waals surface area contributed by atoms with Gasteiger partial charge in [-0.15, -0.1) is 0 Å². The lowest BCUT2D eigenvalue weighted by atomic mass is 10.2. The van der Waals surface area contributed by atoms with Crippen molar-refractivity contribution < 1.29 is 9.66 Å². The van der Waals surface area contributed by atoms with Crippen LogP contribution in [0.25, 0.3) is 0 Å². The summed E-state index contributed by atoms with van der Waals surface area (Å²) in [7, 11) is 0. The number of nitriles is 1. The smallest absolute Gasteiger partial charge is 0.312 e. The molecule has 0 spiro atoms. The molecule has 0 bridgehead atoms. The van der Waals surface area contributed by atoms with E-state index in [1.807, 2.05) is 6.07 Å². The normalized spacial score (nSPS) is 9.85. The number of benzene rings is 2. The van der Waals surface area contributed by atoms with Crippen LogP contribution in [0.4, 0.5) is 5.69 Å². The molecule has 0 aliphatic heterocycles. The molecule has 0 saturated heterocycles. The van der Waals surface area contributed by atoms with Gasteiger partial charge in [-0.1, -0.05) is 17.7 Å². The number of nitrogens with zero attached hydrogens (tertiary/aromatic N) is 2. The molecule has 0 atom stereocenters. The molecule has 0 saturated carbocycles. The number of rotatable bonds is 3. The van der Waals surface area contributed by atoms with E-state index in [1.54, 1.807) is 12.1 Å². The van der Waals surface area contributed by atoms with Crippen molar-refractivity contribution in [1.82, 2.24) is 0 Å². The largest absolute Gasteiger partial charge is 0.448 e. The molecule has 7 heteroatoms. The van der Waals surface area contributed by atoms with Gasteiger partial charge in [0.1, 0.15) is 11.8 Å². The SMILES string of the molecule is N#Cc1cc(Cl)ccc1Oc1c(Br)cccc1[N+](=O)[O-]. The van der Waals surface area contributed by atoms with Crippen LogP contribution in [0.3, 0.4) is 0 Å². The predicted octanol–water partition coefficient (Wildman–Crippen LogP) is 4.67. The number of para-hydroxylation sites is 1.